The Balaban J connectivity index is 1.78. The summed E-state index contributed by atoms with van der Waals surface area (Å²) in [6.07, 6.45) is 0. The van der Waals surface area contributed by atoms with Crippen LogP contribution in [0.5, 0.6) is 17.2 Å². The summed E-state index contributed by atoms with van der Waals surface area (Å²) in [6.45, 7) is 3.55. The minimum atomic E-state index is -0.563. The molecule has 7 heteroatoms. The minimum absolute atomic E-state index is 0.187. The smallest absolute Gasteiger partial charge is 0.343 e. The molecule has 0 amide bonds. The molecule has 0 aliphatic carbocycles. The third-order valence-corrected chi connectivity index (χ3v) is 5.54. The molecule has 0 saturated heterocycles. The summed E-state index contributed by atoms with van der Waals surface area (Å²) in [5.41, 5.74) is 1.44. The molecule has 1 aromatic heterocycles. The van der Waals surface area contributed by atoms with Crippen molar-refractivity contribution in [3.63, 3.8) is 0 Å². The van der Waals surface area contributed by atoms with Gasteiger partial charge >= 0.3 is 5.97 Å². The molecule has 0 unspecified atom stereocenters. The molecule has 0 radical (unpaired) electrons. The Kier molecular flexibility index (Phi) is 6.11. The summed E-state index contributed by atoms with van der Waals surface area (Å²) in [7, 11) is 3.02. The highest BCUT2D eigenvalue weighted by Crippen LogP contribution is 2.36. The zero-order chi connectivity index (χ0) is 23.7. The number of rotatable bonds is 5. The van der Waals surface area contributed by atoms with Crippen LogP contribution in [0, 0.1) is 13.8 Å². The number of ether oxygens (including phenoxy) is 3. The van der Waals surface area contributed by atoms with E-state index in [1.807, 2.05) is 0 Å². The van der Waals surface area contributed by atoms with E-state index in [0.29, 0.717) is 55.5 Å². The number of hydrogen-bond acceptors (Lipinski definition) is 6. The number of aryl methyl sites for hydroxylation is 2. The molecule has 1 heterocycles. The van der Waals surface area contributed by atoms with Crippen molar-refractivity contribution in [2.75, 3.05) is 14.2 Å². The number of esters is 1. The SMILES string of the molecule is COc1cc(-c2cc(OC)c3c(C)oc(C)c3c(=O)c2)ccc1OC(=O)c1cccc(Cl)c1. The number of hydrogen-bond donors (Lipinski definition) is 0. The van der Waals surface area contributed by atoms with Crippen LogP contribution in [0.2, 0.25) is 5.02 Å². The summed E-state index contributed by atoms with van der Waals surface area (Å²) in [6, 6.07) is 14.8. The highest BCUT2D eigenvalue weighted by molar-refractivity contribution is 6.30. The molecular weight excluding hydrogens is 444 g/mol. The molecule has 0 spiro atoms. The predicted molar refractivity (Wildman–Crippen MR) is 127 cm³/mol. The van der Waals surface area contributed by atoms with Gasteiger partial charge in [0.05, 0.1) is 30.6 Å². The summed E-state index contributed by atoms with van der Waals surface area (Å²) in [4.78, 5) is 25.5. The van der Waals surface area contributed by atoms with E-state index in [2.05, 4.69) is 0 Å². The van der Waals surface area contributed by atoms with E-state index in [1.165, 1.54) is 19.2 Å². The molecule has 0 N–H and O–H groups in total. The molecule has 4 aromatic rings. The zero-order valence-corrected chi connectivity index (χ0v) is 19.3. The molecular formula is C26H21ClO6. The first kappa shape index (κ1) is 22.4. The number of methoxy groups -OCH3 is 2. The summed E-state index contributed by atoms with van der Waals surface area (Å²) >= 11 is 5.96. The van der Waals surface area contributed by atoms with Gasteiger partial charge in [-0.2, -0.15) is 0 Å². The van der Waals surface area contributed by atoms with Crippen LogP contribution in [0.25, 0.3) is 21.9 Å². The Morgan fingerprint density at radius 1 is 0.818 bits per heavy atom. The van der Waals surface area contributed by atoms with Crippen molar-refractivity contribution in [1.82, 2.24) is 0 Å². The monoisotopic (exact) mass is 464 g/mol. The maximum atomic E-state index is 13.0. The molecule has 4 rings (SSSR count). The highest BCUT2D eigenvalue weighted by Gasteiger charge is 2.18. The van der Waals surface area contributed by atoms with Crippen molar-refractivity contribution in [2.24, 2.45) is 0 Å². The van der Waals surface area contributed by atoms with E-state index in [1.54, 1.807) is 63.4 Å². The number of fused-ring (bicyclic) bond motifs is 1. The second kappa shape index (κ2) is 9.00. The van der Waals surface area contributed by atoms with Gasteiger partial charge in [0.25, 0.3) is 0 Å². The second-order valence-corrected chi connectivity index (χ2v) is 7.84. The molecule has 168 valence electrons. The van der Waals surface area contributed by atoms with Crippen LogP contribution in [0.1, 0.15) is 21.9 Å². The van der Waals surface area contributed by atoms with Crippen molar-refractivity contribution in [3.05, 3.63) is 86.9 Å². The van der Waals surface area contributed by atoms with E-state index >= 15 is 0 Å². The molecule has 0 aliphatic rings. The second-order valence-electron chi connectivity index (χ2n) is 7.41. The van der Waals surface area contributed by atoms with Crippen LogP contribution in [-0.4, -0.2) is 20.2 Å². The van der Waals surface area contributed by atoms with Gasteiger partial charge in [-0.3, -0.25) is 4.79 Å². The molecule has 0 aliphatic heterocycles. The largest absolute Gasteiger partial charge is 0.496 e. The predicted octanol–water partition coefficient (Wildman–Crippen LogP) is 5.97. The van der Waals surface area contributed by atoms with Gasteiger partial charge in [-0.1, -0.05) is 23.7 Å². The number of benzene rings is 2. The maximum absolute atomic E-state index is 13.0. The quantitative estimate of drug-likeness (QED) is 0.267. The molecule has 6 nitrogen and oxygen atoms in total. The molecule has 0 saturated carbocycles. The van der Waals surface area contributed by atoms with E-state index in [-0.39, 0.29) is 11.2 Å². The number of furan rings is 1. The van der Waals surface area contributed by atoms with Crippen molar-refractivity contribution in [2.45, 2.75) is 13.8 Å². The summed E-state index contributed by atoms with van der Waals surface area (Å²) < 4.78 is 22.2. The average molecular weight is 465 g/mol. The van der Waals surface area contributed by atoms with Crippen molar-refractivity contribution in [1.29, 1.82) is 0 Å². The minimum Gasteiger partial charge on any atom is -0.496 e. The van der Waals surface area contributed by atoms with E-state index in [9.17, 15) is 9.59 Å². The first-order chi connectivity index (χ1) is 15.8. The Bertz CT molecular complexity index is 1440. The van der Waals surface area contributed by atoms with E-state index in [4.69, 9.17) is 30.2 Å². The fourth-order valence-electron chi connectivity index (χ4n) is 3.78. The van der Waals surface area contributed by atoms with E-state index < -0.39 is 5.97 Å². The molecule has 0 fully saturated rings. The van der Waals surface area contributed by atoms with Gasteiger partial charge in [-0.05, 0) is 67.4 Å². The average Bonchev–Trinajstić information content (AvgIpc) is 3.00. The Hall–Kier alpha value is -3.77. The molecule has 0 atom stereocenters. The van der Waals surface area contributed by atoms with Gasteiger partial charge in [0.1, 0.15) is 17.3 Å². The first-order valence-corrected chi connectivity index (χ1v) is 10.5. The lowest BCUT2D eigenvalue weighted by Gasteiger charge is -2.11. The first-order valence-electron chi connectivity index (χ1n) is 10.1. The van der Waals surface area contributed by atoms with Gasteiger partial charge in [0, 0.05) is 5.02 Å². The third-order valence-electron chi connectivity index (χ3n) is 5.31. The van der Waals surface area contributed by atoms with Gasteiger partial charge in [-0.15, -0.1) is 0 Å². The lowest BCUT2D eigenvalue weighted by atomic mass is 10.1. The van der Waals surface area contributed by atoms with Crippen LogP contribution < -0.4 is 19.6 Å². The molecule has 0 bridgehead atoms. The van der Waals surface area contributed by atoms with Gasteiger partial charge in [0.15, 0.2) is 16.9 Å². The van der Waals surface area contributed by atoms with Crippen LogP contribution in [0.3, 0.4) is 0 Å². The highest BCUT2D eigenvalue weighted by atomic mass is 35.5. The Morgan fingerprint density at radius 3 is 2.21 bits per heavy atom. The van der Waals surface area contributed by atoms with Crippen LogP contribution >= 0.6 is 11.6 Å². The molecule has 33 heavy (non-hydrogen) atoms. The number of halogens is 1. The topological polar surface area (TPSA) is 75.0 Å². The van der Waals surface area contributed by atoms with Crippen molar-refractivity contribution < 1.29 is 23.4 Å². The normalized spacial score (nSPS) is 10.8. The van der Waals surface area contributed by atoms with E-state index in [0.717, 1.165) is 0 Å². The molecule has 3 aromatic carbocycles. The number of carbonyl (C=O) groups is 1. The third kappa shape index (κ3) is 4.30. The van der Waals surface area contributed by atoms with Crippen LogP contribution in [0.15, 0.2) is 63.8 Å². The van der Waals surface area contributed by atoms with Crippen LogP contribution in [0.4, 0.5) is 0 Å². The zero-order valence-electron chi connectivity index (χ0n) is 18.5. The summed E-state index contributed by atoms with van der Waals surface area (Å²) in [5, 5.41) is 1.56. The van der Waals surface area contributed by atoms with Crippen molar-refractivity contribution >= 4 is 28.3 Å². The van der Waals surface area contributed by atoms with Crippen LogP contribution in [-0.2, 0) is 0 Å². The van der Waals surface area contributed by atoms with Crippen molar-refractivity contribution in [3.8, 4) is 28.4 Å². The Labute approximate surface area is 195 Å². The lowest BCUT2D eigenvalue weighted by Crippen LogP contribution is -2.09. The Morgan fingerprint density at radius 2 is 1.52 bits per heavy atom. The lowest BCUT2D eigenvalue weighted by molar-refractivity contribution is 0.0729. The van der Waals surface area contributed by atoms with Gasteiger partial charge in [0.2, 0.25) is 0 Å². The summed E-state index contributed by atoms with van der Waals surface area (Å²) in [5.74, 6) is 1.68. The maximum Gasteiger partial charge on any atom is 0.343 e. The number of carbonyl (C=O) groups excluding carboxylic acids is 1. The van der Waals surface area contributed by atoms with Gasteiger partial charge < -0.3 is 18.6 Å². The standard InChI is InChI=1S/C26H21ClO6/c1-14-24-20(28)11-18(13-23(31-4)25(24)15(2)32-14)16-8-9-21(22(12-16)30-3)33-26(29)17-6-5-7-19(27)10-17/h5-13H,1-4H3. The fourth-order valence-corrected chi connectivity index (χ4v) is 3.97. The van der Waals surface area contributed by atoms with Gasteiger partial charge in [-0.25, -0.2) is 4.79 Å². The fraction of sp³-hybridized carbons (Fsp3) is 0.154.